The third-order valence-electron chi connectivity index (χ3n) is 3.38. The summed E-state index contributed by atoms with van der Waals surface area (Å²) in [7, 11) is 0. The Balaban J connectivity index is 2.27. The number of nitrogens with zero attached hydrogens (tertiary/aromatic N) is 4. The minimum absolute atomic E-state index is 0.100. The first kappa shape index (κ1) is 9.40. The number of hydrogen-bond donors (Lipinski definition) is 2. The maximum Gasteiger partial charge on any atom is 0.386 e. The number of hydrogen-bond acceptors (Lipinski definition) is 4. The molecule has 0 aromatic carbocycles. The van der Waals surface area contributed by atoms with Crippen molar-refractivity contribution in [3.8, 4) is 23.4 Å². The Kier molecular flexibility index (Phi) is 1.36. The molecule has 2 N–H and O–H groups in total. The van der Waals surface area contributed by atoms with Crippen LogP contribution in [0.2, 0.25) is 0 Å². The number of rotatable bonds is 0. The molecule has 8 heteroatoms. The van der Waals surface area contributed by atoms with Crippen LogP contribution in [0.3, 0.4) is 0 Å². The van der Waals surface area contributed by atoms with Gasteiger partial charge in [-0.05, 0) is 0 Å². The minimum atomic E-state index is -0.380. The fourth-order valence-corrected chi connectivity index (χ4v) is 2.57. The van der Waals surface area contributed by atoms with Crippen molar-refractivity contribution in [1.29, 1.82) is 0 Å². The zero-order valence-electron chi connectivity index (χ0n) is 9.07. The van der Waals surface area contributed by atoms with Crippen molar-refractivity contribution >= 4 is 0 Å². The first-order chi connectivity index (χ1) is 8.58. The molecule has 0 saturated heterocycles. The lowest BCUT2D eigenvalue weighted by atomic mass is 10.5. The summed E-state index contributed by atoms with van der Waals surface area (Å²) >= 11 is 0. The molecule has 0 unspecified atom stereocenters. The molecule has 2 aliphatic heterocycles. The highest BCUT2D eigenvalue weighted by Gasteiger charge is 2.48. The van der Waals surface area contributed by atoms with E-state index in [0.717, 1.165) is 12.1 Å². The minimum Gasteiger partial charge on any atom is -0.477 e. The van der Waals surface area contributed by atoms with Crippen molar-refractivity contribution in [1.82, 2.24) is 9.13 Å². The molecular formula is C10H8N4O4+2. The van der Waals surface area contributed by atoms with Gasteiger partial charge in [0.1, 0.15) is 12.1 Å². The van der Waals surface area contributed by atoms with Gasteiger partial charge in [0.15, 0.2) is 0 Å². The van der Waals surface area contributed by atoms with Crippen LogP contribution in [-0.2, 0) is 13.3 Å². The molecule has 0 bridgehead atoms. The van der Waals surface area contributed by atoms with Gasteiger partial charge in [-0.2, -0.15) is 0 Å². The summed E-state index contributed by atoms with van der Waals surface area (Å²) in [5.74, 6) is 0.506. The van der Waals surface area contributed by atoms with Gasteiger partial charge in [0.25, 0.3) is 11.8 Å². The summed E-state index contributed by atoms with van der Waals surface area (Å²) in [6.45, 7) is 0.270. The molecule has 8 nitrogen and oxygen atoms in total. The predicted molar refractivity (Wildman–Crippen MR) is 54.9 cm³/mol. The molecular weight excluding hydrogens is 240 g/mol. The molecule has 18 heavy (non-hydrogen) atoms. The fraction of sp³-hybridized carbons (Fsp3) is 0.200. The zero-order valence-corrected chi connectivity index (χ0v) is 9.07. The van der Waals surface area contributed by atoms with Gasteiger partial charge in [-0.3, -0.25) is 0 Å². The van der Waals surface area contributed by atoms with E-state index in [4.69, 9.17) is 0 Å². The van der Waals surface area contributed by atoms with Crippen molar-refractivity contribution in [3.63, 3.8) is 0 Å². The van der Waals surface area contributed by atoms with Crippen molar-refractivity contribution in [3.05, 3.63) is 32.8 Å². The van der Waals surface area contributed by atoms with Gasteiger partial charge in [0.2, 0.25) is 13.3 Å². The molecule has 0 fully saturated rings. The maximum atomic E-state index is 11.8. The van der Waals surface area contributed by atoms with Crippen molar-refractivity contribution < 1.29 is 19.3 Å². The quantitative estimate of drug-likeness (QED) is 0.331. The smallest absolute Gasteiger partial charge is 0.386 e. The lowest BCUT2D eigenvalue weighted by Crippen LogP contribution is -2.49. The average molecular weight is 248 g/mol. The van der Waals surface area contributed by atoms with Crippen molar-refractivity contribution in [2.24, 2.45) is 0 Å². The van der Waals surface area contributed by atoms with Crippen LogP contribution >= 0.6 is 0 Å². The summed E-state index contributed by atoms with van der Waals surface area (Å²) < 4.78 is 5.72. The van der Waals surface area contributed by atoms with Gasteiger partial charge in [0, 0.05) is 0 Å². The predicted octanol–water partition coefficient (Wildman–Crippen LogP) is -2.70. The van der Waals surface area contributed by atoms with Gasteiger partial charge in [-0.1, -0.05) is 0 Å². The molecule has 0 atom stereocenters. The van der Waals surface area contributed by atoms with Crippen LogP contribution in [0.25, 0.3) is 11.6 Å². The molecule has 90 valence electrons. The van der Waals surface area contributed by atoms with E-state index in [2.05, 4.69) is 0 Å². The summed E-state index contributed by atoms with van der Waals surface area (Å²) in [5.41, 5.74) is -0.760. The first-order valence-corrected chi connectivity index (χ1v) is 5.31. The highest BCUT2D eigenvalue weighted by Crippen LogP contribution is 2.22. The van der Waals surface area contributed by atoms with Gasteiger partial charge in [0.05, 0.1) is 0 Å². The second-order valence-corrected chi connectivity index (χ2v) is 4.32. The Labute approximate surface area is 98.8 Å². The van der Waals surface area contributed by atoms with Gasteiger partial charge in [-0.15, -0.1) is 18.3 Å². The van der Waals surface area contributed by atoms with Crippen LogP contribution < -0.4 is 20.3 Å². The van der Waals surface area contributed by atoms with E-state index in [-0.39, 0.29) is 36.2 Å². The van der Waals surface area contributed by atoms with Gasteiger partial charge in [-0.25, -0.2) is 9.59 Å². The largest absolute Gasteiger partial charge is 0.477 e. The maximum absolute atomic E-state index is 11.8. The van der Waals surface area contributed by atoms with Gasteiger partial charge < -0.3 is 10.2 Å². The van der Waals surface area contributed by atoms with E-state index >= 15 is 0 Å². The first-order valence-electron chi connectivity index (χ1n) is 5.31. The summed E-state index contributed by atoms with van der Waals surface area (Å²) in [6.07, 6.45) is 0. The van der Waals surface area contributed by atoms with E-state index in [1.807, 2.05) is 0 Å². The topological polar surface area (TPSA) is 92.2 Å². The molecule has 0 amide bonds. The lowest BCUT2D eigenvalue weighted by Gasteiger charge is -2.00. The highest BCUT2D eigenvalue weighted by molar-refractivity contribution is 5.41. The molecule has 0 spiro atoms. The second kappa shape index (κ2) is 2.61. The third kappa shape index (κ3) is 0.838. The van der Waals surface area contributed by atoms with Crippen LogP contribution in [-0.4, -0.2) is 19.3 Å². The zero-order chi connectivity index (χ0) is 12.6. The van der Waals surface area contributed by atoms with Crippen LogP contribution in [0.5, 0.6) is 11.8 Å². The molecule has 2 aromatic rings. The SMILES string of the molecule is O=c1cc(O)[n+]2c3n1Cn1c-3[n+](c(O)cc1=O)C2. The van der Waals surface area contributed by atoms with Crippen molar-refractivity contribution in [2.75, 3.05) is 0 Å². The molecule has 4 rings (SSSR count). The van der Waals surface area contributed by atoms with E-state index in [9.17, 15) is 19.8 Å². The van der Waals surface area contributed by atoms with E-state index in [1.165, 1.54) is 18.3 Å². The molecule has 0 radical (unpaired) electrons. The Hall–Kier alpha value is -2.64. The molecule has 2 aromatic heterocycles. The Morgan fingerprint density at radius 2 is 1.39 bits per heavy atom. The molecule has 0 saturated carbocycles. The van der Waals surface area contributed by atoms with Crippen LogP contribution in [0.4, 0.5) is 0 Å². The number of aromatic nitrogens is 4. The van der Waals surface area contributed by atoms with E-state index in [0.29, 0.717) is 11.6 Å². The fourth-order valence-electron chi connectivity index (χ4n) is 2.57. The average Bonchev–Trinajstić information content (AvgIpc) is 2.84. The van der Waals surface area contributed by atoms with Crippen molar-refractivity contribution in [2.45, 2.75) is 13.3 Å². The lowest BCUT2D eigenvalue weighted by molar-refractivity contribution is -0.882. The van der Waals surface area contributed by atoms with Crippen LogP contribution in [0.1, 0.15) is 0 Å². The summed E-state index contributed by atoms with van der Waals surface area (Å²) in [4.78, 5) is 23.5. The molecule has 4 heterocycles. The monoisotopic (exact) mass is 248 g/mol. The van der Waals surface area contributed by atoms with Gasteiger partial charge >= 0.3 is 22.8 Å². The highest BCUT2D eigenvalue weighted by atomic mass is 16.3. The Morgan fingerprint density at radius 1 is 0.944 bits per heavy atom. The summed E-state index contributed by atoms with van der Waals surface area (Å²) in [6, 6.07) is 2.20. The van der Waals surface area contributed by atoms with E-state index < -0.39 is 0 Å². The second-order valence-electron chi connectivity index (χ2n) is 4.32. The van der Waals surface area contributed by atoms with Crippen LogP contribution in [0.15, 0.2) is 21.7 Å². The molecule has 0 aliphatic carbocycles. The Morgan fingerprint density at radius 3 is 1.83 bits per heavy atom. The third-order valence-corrected chi connectivity index (χ3v) is 3.38. The normalized spacial score (nSPS) is 14.0. The van der Waals surface area contributed by atoms with E-state index in [1.54, 1.807) is 0 Å². The summed E-state index contributed by atoms with van der Waals surface area (Å²) in [5, 5.41) is 19.5. The number of aromatic hydroxyl groups is 2. The van der Waals surface area contributed by atoms with Crippen LogP contribution in [0, 0.1) is 0 Å². The Bertz CT molecular complexity index is 779. The standard InChI is InChI=1S/C10H6N4O4/c15-5-1-6(16)12-4-14-8(18)2-7(17)13-3-11(5)9(12)10(13)14/h1-2H,3-4H2/p+2. The molecule has 2 aliphatic rings.